The molecule has 1 aromatic rings. The summed E-state index contributed by atoms with van der Waals surface area (Å²) in [5.41, 5.74) is -0.429. The molecular formula is C15H24FNO. The van der Waals surface area contributed by atoms with Crippen LogP contribution in [-0.2, 0) is 5.60 Å². The minimum Gasteiger partial charge on any atom is -0.385 e. The van der Waals surface area contributed by atoms with Gasteiger partial charge in [0.05, 0.1) is 11.8 Å². The van der Waals surface area contributed by atoms with Crippen LogP contribution in [0.5, 0.6) is 0 Å². The molecule has 0 fully saturated rings. The summed E-state index contributed by atoms with van der Waals surface area (Å²) in [7, 11) is 0. The quantitative estimate of drug-likeness (QED) is 0.795. The fraction of sp³-hybridized carbons (Fsp3) is 0.667. The minimum absolute atomic E-state index is 0.394. The van der Waals surface area contributed by atoms with Crippen molar-refractivity contribution in [3.63, 3.8) is 0 Å². The topological polar surface area (TPSA) is 33.1 Å². The first-order chi connectivity index (χ1) is 8.49. The Balaban J connectivity index is 2.73. The average Bonchev–Trinajstić information content (AvgIpc) is 2.34. The van der Waals surface area contributed by atoms with Gasteiger partial charge >= 0.3 is 0 Å². The van der Waals surface area contributed by atoms with Gasteiger partial charge in [0.1, 0.15) is 5.82 Å². The van der Waals surface area contributed by atoms with Gasteiger partial charge in [0, 0.05) is 11.8 Å². The molecule has 102 valence electrons. The summed E-state index contributed by atoms with van der Waals surface area (Å²) in [6.07, 6.45) is 7.87. The predicted octanol–water partition coefficient (Wildman–Crippen LogP) is 4.03. The molecule has 0 aliphatic carbocycles. The number of nitrogens with zero attached hydrogens (tertiary/aromatic N) is 1. The number of aliphatic hydroxyl groups is 1. The van der Waals surface area contributed by atoms with Gasteiger partial charge in [-0.15, -0.1) is 0 Å². The average molecular weight is 253 g/mol. The maximum atomic E-state index is 13.1. The standard InChI is InChI=1S/C15H24FNO/c1-4-6-7-12(5-2)9-15(3,18)13-8-14(16)11-17-10-13/h8,10-12,18H,4-7,9H2,1-3H3. The first kappa shape index (κ1) is 15.1. The number of pyridine rings is 1. The van der Waals surface area contributed by atoms with Gasteiger partial charge < -0.3 is 5.11 Å². The van der Waals surface area contributed by atoms with Gasteiger partial charge in [-0.05, 0) is 25.3 Å². The number of rotatable bonds is 7. The number of hydrogen-bond acceptors (Lipinski definition) is 2. The first-order valence-electron chi connectivity index (χ1n) is 6.83. The van der Waals surface area contributed by atoms with Gasteiger partial charge in [-0.1, -0.05) is 39.5 Å². The van der Waals surface area contributed by atoms with Crippen LogP contribution in [-0.4, -0.2) is 10.1 Å². The summed E-state index contributed by atoms with van der Waals surface area (Å²) in [5, 5.41) is 10.5. The second-order valence-corrected chi connectivity index (χ2v) is 5.29. The Labute approximate surface area is 109 Å². The van der Waals surface area contributed by atoms with E-state index < -0.39 is 11.4 Å². The number of unbranched alkanes of at least 4 members (excludes halogenated alkanes) is 1. The van der Waals surface area contributed by atoms with Crippen LogP contribution >= 0.6 is 0 Å². The van der Waals surface area contributed by atoms with Crippen molar-refractivity contribution in [1.82, 2.24) is 4.98 Å². The summed E-state index contributed by atoms with van der Waals surface area (Å²) in [4.78, 5) is 3.81. The fourth-order valence-electron chi connectivity index (χ4n) is 2.33. The highest BCUT2D eigenvalue weighted by atomic mass is 19.1. The van der Waals surface area contributed by atoms with E-state index in [1.54, 1.807) is 13.1 Å². The molecule has 1 heterocycles. The highest BCUT2D eigenvalue weighted by molar-refractivity contribution is 5.18. The van der Waals surface area contributed by atoms with Crippen LogP contribution in [0, 0.1) is 11.7 Å². The molecule has 0 aliphatic rings. The van der Waals surface area contributed by atoms with Crippen molar-refractivity contribution in [1.29, 1.82) is 0 Å². The van der Waals surface area contributed by atoms with Gasteiger partial charge in [-0.3, -0.25) is 4.98 Å². The van der Waals surface area contributed by atoms with Crippen LogP contribution in [0.4, 0.5) is 4.39 Å². The zero-order valence-corrected chi connectivity index (χ0v) is 11.6. The largest absolute Gasteiger partial charge is 0.385 e. The Hall–Kier alpha value is -0.960. The van der Waals surface area contributed by atoms with Crippen molar-refractivity contribution >= 4 is 0 Å². The van der Waals surface area contributed by atoms with Crippen LogP contribution in [0.3, 0.4) is 0 Å². The van der Waals surface area contributed by atoms with E-state index >= 15 is 0 Å². The summed E-state index contributed by atoms with van der Waals surface area (Å²) in [6.45, 7) is 6.06. The van der Waals surface area contributed by atoms with Crippen LogP contribution in [0.1, 0.15) is 58.4 Å². The third-order valence-electron chi connectivity index (χ3n) is 3.56. The van der Waals surface area contributed by atoms with Crippen LogP contribution in [0.15, 0.2) is 18.5 Å². The molecule has 0 bridgehead atoms. The molecule has 0 saturated carbocycles. The van der Waals surface area contributed by atoms with E-state index in [0.717, 1.165) is 19.0 Å². The van der Waals surface area contributed by atoms with Crippen LogP contribution in [0.25, 0.3) is 0 Å². The molecule has 3 heteroatoms. The van der Waals surface area contributed by atoms with E-state index in [-0.39, 0.29) is 0 Å². The summed E-state index contributed by atoms with van der Waals surface area (Å²) in [5.74, 6) is 0.0811. The van der Waals surface area contributed by atoms with E-state index in [2.05, 4.69) is 18.8 Å². The molecule has 0 amide bonds. The monoisotopic (exact) mass is 253 g/mol. The van der Waals surface area contributed by atoms with Gasteiger partial charge in [-0.2, -0.15) is 0 Å². The van der Waals surface area contributed by atoms with Gasteiger partial charge in [-0.25, -0.2) is 4.39 Å². The van der Waals surface area contributed by atoms with Crippen LogP contribution < -0.4 is 0 Å². The third kappa shape index (κ3) is 4.37. The summed E-state index contributed by atoms with van der Waals surface area (Å²) >= 11 is 0. The van der Waals surface area contributed by atoms with Crippen molar-refractivity contribution in [3.8, 4) is 0 Å². The molecular weight excluding hydrogens is 229 g/mol. The van der Waals surface area contributed by atoms with Crippen molar-refractivity contribution in [2.75, 3.05) is 0 Å². The van der Waals surface area contributed by atoms with E-state index in [1.807, 2.05) is 0 Å². The Morgan fingerprint density at radius 1 is 1.39 bits per heavy atom. The van der Waals surface area contributed by atoms with Gasteiger partial charge in [0.25, 0.3) is 0 Å². The Kier molecular flexibility index (Phi) is 5.73. The highest BCUT2D eigenvalue weighted by Gasteiger charge is 2.27. The molecule has 0 saturated heterocycles. The van der Waals surface area contributed by atoms with Gasteiger partial charge in [0.15, 0.2) is 0 Å². The maximum absolute atomic E-state index is 13.1. The molecule has 0 radical (unpaired) electrons. The molecule has 0 aromatic carbocycles. The van der Waals surface area contributed by atoms with Crippen molar-refractivity contribution in [3.05, 3.63) is 29.8 Å². The minimum atomic E-state index is -0.997. The lowest BCUT2D eigenvalue weighted by Gasteiger charge is -2.28. The van der Waals surface area contributed by atoms with E-state index in [4.69, 9.17) is 0 Å². The smallest absolute Gasteiger partial charge is 0.141 e. The Morgan fingerprint density at radius 3 is 2.67 bits per heavy atom. The Bertz CT molecular complexity index is 365. The number of aromatic nitrogens is 1. The van der Waals surface area contributed by atoms with E-state index in [0.29, 0.717) is 17.9 Å². The van der Waals surface area contributed by atoms with Crippen LogP contribution in [0.2, 0.25) is 0 Å². The fourth-order valence-corrected chi connectivity index (χ4v) is 2.33. The summed E-state index contributed by atoms with van der Waals surface area (Å²) < 4.78 is 13.1. The molecule has 0 spiro atoms. The second kappa shape index (κ2) is 6.83. The van der Waals surface area contributed by atoms with Crippen molar-refractivity contribution < 1.29 is 9.50 Å². The molecule has 18 heavy (non-hydrogen) atoms. The van der Waals surface area contributed by atoms with Crippen molar-refractivity contribution in [2.45, 2.75) is 58.5 Å². The van der Waals surface area contributed by atoms with E-state index in [1.165, 1.54) is 18.9 Å². The molecule has 0 aliphatic heterocycles. The molecule has 1 N–H and O–H groups in total. The molecule has 2 atom stereocenters. The predicted molar refractivity (Wildman–Crippen MR) is 71.7 cm³/mol. The lowest BCUT2D eigenvalue weighted by molar-refractivity contribution is 0.0269. The normalized spacial score (nSPS) is 16.3. The molecule has 1 aromatic heterocycles. The second-order valence-electron chi connectivity index (χ2n) is 5.29. The number of halogens is 1. The zero-order valence-electron chi connectivity index (χ0n) is 11.6. The summed E-state index contributed by atoms with van der Waals surface area (Å²) in [6, 6.07) is 1.37. The first-order valence-corrected chi connectivity index (χ1v) is 6.83. The third-order valence-corrected chi connectivity index (χ3v) is 3.56. The highest BCUT2D eigenvalue weighted by Crippen LogP contribution is 2.31. The lowest BCUT2D eigenvalue weighted by atomic mass is 9.83. The lowest BCUT2D eigenvalue weighted by Crippen LogP contribution is -2.25. The van der Waals surface area contributed by atoms with E-state index in [9.17, 15) is 9.50 Å². The molecule has 1 rings (SSSR count). The van der Waals surface area contributed by atoms with Gasteiger partial charge in [0.2, 0.25) is 0 Å². The molecule has 2 unspecified atom stereocenters. The number of hydrogen-bond donors (Lipinski definition) is 1. The molecule has 2 nitrogen and oxygen atoms in total. The van der Waals surface area contributed by atoms with Crippen molar-refractivity contribution in [2.24, 2.45) is 5.92 Å². The zero-order chi connectivity index (χ0) is 13.6. The Morgan fingerprint density at radius 2 is 2.11 bits per heavy atom. The SMILES string of the molecule is CCCCC(CC)CC(C)(O)c1cncc(F)c1. The maximum Gasteiger partial charge on any atom is 0.141 e.